The molecule has 2 rings (SSSR count). The fourth-order valence-corrected chi connectivity index (χ4v) is 2.61. The lowest BCUT2D eigenvalue weighted by molar-refractivity contribution is -0.151. The Labute approximate surface area is 125 Å². The molecule has 21 heavy (non-hydrogen) atoms. The van der Waals surface area contributed by atoms with E-state index in [-0.39, 0.29) is 11.8 Å². The number of fused-ring (bicyclic) bond motifs is 1. The molecule has 0 heterocycles. The number of carbonyl (C=O) groups is 2. The van der Waals surface area contributed by atoms with Gasteiger partial charge in [-0.15, -0.1) is 0 Å². The molecule has 0 N–H and O–H groups in total. The summed E-state index contributed by atoms with van der Waals surface area (Å²) in [6.07, 6.45) is 3.20. The number of ether oxygens (including phenoxy) is 2. The molecule has 0 bridgehead atoms. The van der Waals surface area contributed by atoms with Crippen molar-refractivity contribution in [3.05, 3.63) is 29.3 Å². The minimum absolute atomic E-state index is 0.108. The summed E-state index contributed by atoms with van der Waals surface area (Å²) in [5.74, 6) is 0.245. The van der Waals surface area contributed by atoms with E-state index >= 15 is 0 Å². The minimum atomic E-state index is -0.660. The summed E-state index contributed by atoms with van der Waals surface area (Å²) >= 11 is 0. The summed E-state index contributed by atoms with van der Waals surface area (Å²) < 4.78 is 10.8. The molecule has 1 aromatic rings. The van der Waals surface area contributed by atoms with Crippen LogP contribution in [0.1, 0.15) is 55.5 Å². The first kappa shape index (κ1) is 15.5. The molecule has 1 unspecified atom stereocenters. The molecule has 114 valence electrons. The van der Waals surface area contributed by atoms with Crippen molar-refractivity contribution in [2.75, 3.05) is 6.61 Å². The molecule has 0 saturated carbocycles. The van der Waals surface area contributed by atoms with Crippen molar-refractivity contribution in [3.63, 3.8) is 0 Å². The number of rotatable bonds is 5. The fraction of sp³-hybridized carbons (Fsp3) is 0.529. The number of esters is 1. The van der Waals surface area contributed by atoms with Crippen LogP contribution in [0, 0.1) is 0 Å². The van der Waals surface area contributed by atoms with Crippen LogP contribution in [0.3, 0.4) is 0 Å². The molecular formula is C17H22O4. The van der Waals surface area contributed by atoms with Crippen LogP contribution in [0.15, 0.2) is 18.2 Å². The van der Waals surface area contributed by atoms with E-state index in [4.69, 9.17) is 9.47 Å². The summed E-state index contributed by atoms with van der Waals surface area (Å²) in [5.41, 5.74) is 1.67. The van der Waals surface area contributed by atoms with Gasteiger partial charge >= 0.3 is 5.97 Å². The SMILES string of the molecule is CCOC(=O)C(CC)Oc1cccc2c1C(=O)CCCC2. The lowest BCUT2D eigenvalue weighted by atomic mass is 10.0. The summed E-state index contributed by atoms with van der Waals surface area (Å²) in [7, 11) is 0. The Bertz CT molecular complexity index is 522. The van der Waals surface area contributed by atoms with Gasteiger partial charge < -0.3 is 9.47 Å². The zero-order chi connectivity index (χ0) is 15.2. The van der Waals surface area contributed by atoms with E-state index in [0.29, 0.717) is 30.8 Å². The first-order valence-electron chi connectivity index (χ1n) is 7.65. The number of benzene rings is 1. The molecule has 0 amide bonds. The monoisotopic (exact) mass is 290 g/mol. The minimum Gasteiger partial charge on any atom is -0.478 e. The molecule has 0 saturated heterocycles. The van der Waals surface area contributed by atoms with Gasteiger partial charge in [-0.05, 0) is 44.2 Å². The maximum absolute atomic E-state index is 12.3. The van der Waals surface area contributed by atoms with Crippen LogP contribution in [-0.4, -0.2) is 24.5 Å². The second-order valence-electron chi connectivity index (χ2n) is 5.19. The van der Waals surface area contributed by atoms with Gasteiger partial charge in [0.15, 0.2) is 11.9 Å². The van der Waals surface area contributed by atoms with Crippen LogP contribution < -0.4 is 4.74 Å². The average Bonchev–Trinajstić information content (AvgIpc) is 2.67. The highest BCUT2D eigenvalue weighted by Gasteiger charge is 2.25. The predicted octanol–water partition coefficient (Wildman–Crippen LogP) is 3.32. The summed E-state index contributed by atoms with van der Waals surface area (Å²) in [4.78, 5) is 24.2. The van der Waals surface area contributed by atoms with Gasteiger partial charge in [-0.25, -0.2) is 4.79 Å². The lowest BCUT2D eigenvalue weighted by Gasteiger charge is -2.19. The number of aryl methyl sites for hydroxylation is 1. The molecular weight excluding hydrogens is 268 g/mol. The van der Waals surface area contributed by atoms with Gasteiger partial charge in [-0.3, -0.25) is 4.79 Å². The van der Waals surface area contributed by atoms with Crippen LogP contribution in [0.5, 0.6) is 5.75 Å². The molecule has 1 aliphatic carbocycles. The van der Waals surface area contributed by atoms with Crippen LogP contribution in [0.25, 0.3) is 0 Å². The third-order valence-electron chi connectivity index (χ3n) is 3.68. The van der Waals surface area contributed by atoms with Crippen LogP contribution in [0.2, 0.25) is 0 Å². The van der Waals surface area contributed by atoms with Crippen molar-refractivity contribution in [3.8, 4) is 5.75 Å². The van der Waals surface area contributed by atoms with Crippen LogP contribution >= 0.6 is 0 Å². The topological polar surface area (TPSA) is 52.6 Å². The number of carbonyl (C=O) groups excluding carboxylic acids is 2. The van der Waals surface area contributed by atoms with Gasteiger partial charge in [0, 0.05) is 6.42 Å². The van der Waals surface area contributed by atoms with E-state index < -0.39 is 6.10 Å². The quantitative estimate of drug-likeness (QED) is 0.616. The number of hydrogen-bond acceptors (Lipinski definition) is 4. The van der Waals surface area contributed by atoms with Crippen molar-refractivity contribution >= 4 is 11.8 Å². The van der Waals surface area contributed by atoms with E-state index in [2.05, 4.69) is 0 Å². The molecule has 1 atom stereocenters. The van der Waals surface area contributed by atoms with Gasteiger partial charge in [-0.2, -0.15) is 0 Å². The maximum atomic E-state index is 12.3. The van der Waals surface area contributed by atoms with E-state index in [0.717, 1.165) is 24.8 Å². The summed E-state index contributed by atoms with van der Waals surface area (Å²) in [6, 6.07) is 5.62. The van der Waals surface area contributed by atoms with Crippen LogP contribution in [0.4, 0.5) is 0 Å². The number of hydrogen-bond donors (Lipinski definition) is 0. The average molecular weight is 290 g/mol. The third-order valence-corrected chi connectivity index (χ3v) is 3.68. The largest absolute Gasteiger partial charge is 0.478 e. The van der Waals surface area contributed by atoms with Gasteiger partial charge in [-0.1, -0.05) is 19.1 Å². The highest BCUT2D eigenvalue weighted by Crippen LogP contribution is 2.30. The predicted molar refractivity (Wildman–Crippen MR) is 79.7 cm³/mol. The first-order chi connectivity index (χ1) is 10.2. The van der Waals surface area contributed by atoms with Crippen molar-refractivity contribution in [2.45, 2.75) is 52.1 Å². The Morgan fingerprint density at radius 1 is 1.24 bits per heavy atom. The molecule has 4 nitrogen and oxygen atoms in total. The molecule has 0 aliphatic heterocycles. The zero-order valence-electron chi connectivity index (χ0n) is 12.7. The molecule has 4 heteroatoms. The van der Waals surface area contributed by atoms with E-state index in [1.54, 1.807) is 13.0 Å². The van der Waals surface area contributed by atoms with Crippen molar-refractivity contribution in [2.24, 2.45) is 0 Å². The molecule has 1 aliphatic rings. The second-order valence-corrected chi connectivity index (χ2v) is 5.19. The smallest absolute Gasteiger partial charge is 0.347 e. The van der Waals surface area contributed by atoms with E-state index in [1.807, 2.05) is 19.1 Å². The first-order valence-corrected chi connectivity index (χ1v) is 7.65. The summed E-state index contributed by atoms with van der Waals surface area (Å²) in [6.45, 7) is 3.96. The molecule has 1 aromatic carbocycles. The number of ketones is 1. The molecule has 0 aromatic heterocycles. The Morgan fingerprint density at radius 3 is 2.71 bits per heavy atom. The maximum Gasteiger partial charge on any atom is 0.347 e. The van der Waals surface area contributed by atoms with Crippen molar-refractivity contribution in [1.29, 1.82) is 0 Å². The Hall–Kier alpha value is -1.84. The molecule has 0 radical (unpaired) electrons. The fourth-order valence-electron chi connectivity index (χ4n) is 2.61. The van der Waals surface area contributed by atoms with E-state index in [1.165, 1.54) is 0 Å². The Kier molecular flexibility index (Phi) is 5.37. The molecule has 0 spiro atoms. The highest BCUT2D eigenvalue weighted by atomic mass is 16.6. The second kappa shape index (κ2) is 7.25. The lowest BCUT2D eigenvalue weighted by Crippen LogP contribution is -2.29. The van der Waals surface area contributed by atoms with Crippen molar-refractivity contribution < 1.29 is 19.1 Å². The van der Waals surface area contributed by atoms with Crippen molar-refractivity contribution in [1.82, 2.24) is 0 Å². The van der Waals surface area contributed by atoms with Crippen LogP contribution in [-0.2, 0) is 16.0 Å². The van der Waals surface area contributed by atoms with Gasteiger partial charge in [0.05, 0.1) is 12.2 Å². The Morgan fingerprint density at radius 2 is 2.00 bits per heavy atom. The van der Waals surface area contributed by atoms with Gasteiger partial charge in [0.1, 0.15) is 5.75 Å². The highest BCUT2D eigenvalue weighted by molar-refractivity contribution is 6.00. The molecule has 0 fully saturated rings. The number of Topliss-reactive ketones (excluding diaryl/α,β-unsaturated/α-hetero) is 1. The third kappa shape index (κ3) is 3.63. The zero-order valence-corrected chi connectivity index (χ0v) is 12.7. The normalized spacial score (nSPS) is 15.8. The Balaban J connectivity index is 2.27. The van der Waals surface area contributed by atoms with Gasteiger partial charge in [0.2, 0.25) is 0 Å². The summed E-state index contributed by atoms with van der Waals surface area (Å²) in [5, 5.41) is 0. The van der Waals surface area contributed by atoms with Gasteiger partial charge in [0.25, 0.3) is 0 Å². The van der Waals surface area contributed by atoms with E-state index in [9.17, 15) is 9.59 Å². The standard InChI is InChI=1S/C17H22O4/c1-3-14(17(19)20-4-2)21-15-11-7-9-12-8-5-6-10-13(18)16(12)15/h7,9,11,14H,3-6,8,10H2,1-2H3.